The highest BCUT2D eigenvalue weighted by Crippen LogP contribution is 2.12. The number of hydrogen-bond donors (Lipinski definition) is 1. The average Bonchev–Trinajstić information content (AvgIpc) is 2.39. The third kappa shape index (κ3) is 9.64. The van der Waals surface area contributed by atoms with E-state index in [1.807, 2.05) is 34.6 Å². The summed E-state index contributed by atoms with van der Waals surface area (Å²) in [5.41, 5.74) is 4.86. The molecule has 0 unspecified atom stereocenters. The van der Waals surface area contributed by atoms with Crippen LogP contribution in [0.3, 0.4) is 0 Å². The maximum absolute atomic E-state index is 11.1. The molecule has 2 N–H and O–H groups in total. The van der Waals surface area contributed by atoms with Crippen molar-refractivity contribution in [2.75, 3.05) is 13.2 Å². The van der Waals surface area contributed by atoms with E-state index < -0.39 is 11.5 Å². The minimum atomic E-state index is -0.839. The molecule has 0 aromatic rings. The van der Waals surface area contributed by atoms with Crippen LogP contribution in [0.1, 0.15) is 47.5 Å². The van der Waals surface area contributed by atoms with Crippen LogP contribution in [0.4, 0.5) is 0 Å². The van der Waals surface area contributed by atoms with Crippen LogP contribution in [0.5, 0.6) is 0 Å². The topological polar surface area (TPSA) is 70.8 Å². The van der Waals surface area contributed by atoms with E-state index in [4.69, 9.17) is 15.2 Å². The minimum absolute atomic E-state index is 0.0370. The summed E-state index contributed by atoms with van der Waals surface area (Å²) >= 11 is 0. The highest BCUT2D eigenvalue weighted by atomic mass is 16.7. The summed E-state index contributed by atoms with van der Waals surface area (Å²) in [5.74, 6) is -0.405. The molecule has 0 aliphatic heterocycles. The maximum atomic E-state index is 11.1. The number of nitrogens with two attached hydrogens (primary N) is 1. The van der Waals surface area contributed by atoms with Crippen LogP contribution in [0.2, 0.25) is 0 Å². The molecule has 0 fully saturated rings. The lowest BCUT2D eigenvalue weighted by atomic mass is 9.95. The van der Waals surface area contributed by atoms with E-state index in [1.54, 1.807) is 0 Å². The van der Waals surface area contributed by atoms with E-state index in [0.29, 0.717) is 12.8 Å². The molecule has 0 saturated carbocycles. The number of rotatable bonds is 8. The fourth-order valence-corrected chi connectivity index (χ4v) is 1.25. The second kappa shape index (κ2) is 12.1. The van der Waals surface area contributed by atoms with Gasteiger partial charge >= 0.3 is 5.97 Å². The van der Waals surface area contributed by atoms with Crippen molar-refractivity contribution >= 4 is 5.97 Å². The van der Waals surface area contributed by atoms with Crippen molar-refractivity contribution < 1.29 is 19.0 Å². The molecule has 0 radical (unpaired) electrons. The lowest BCUT2D eigenvalue weighted by molar-refractivity contribution is -0.144. The molecule has 0 spiro atoms. The monoisotopic (exact) mass is 275 g/mol. The molecular weight excluding hydrogens is 246 g/mol. The Morgan fingerprint density at radius 2 is 1.63 bits per heavy atom. The van der Waals surface area contributed by atoms with Gasteiger partial charge in [0.05, 0.1) is 6.26 Å². The second-order valence-electron chi connectivity index (χ2n) is 3.91. The first-order valence-corrected chi connectivity index (χ1v) is 6.75. The minimum Gasteiger partial charge on any atom is -0.434 e. The van der Waals surface area contributed by atoms with Gasteiger partial charge in [0.15, 0.2) is 6.29 Å². The first-order chi connectivity index (χ1) is 8.91. The lowest BCUT2D eigenvalue weighted by Crippen LogP contribution is -2.47. The highest BCUT2D eigenvalue weighted by Gasteiger charge is 2.30. The largest absolute Gasteiger partial charge is 0.434 e. The second-order valence-corrected chi connectivity index (χ2v) is 3.91. The van der Waals surface area contributed by atoms with Crippen molar-refractivity contribution in [1.82, 2.24) is 0 Å². The molecule has 0 aromatic heterocycles. The third-order valence-corrected chi connectivity index (χ3v) is 2.66. The predicted molar refractivity (Wildman–Crippen MR) is 76.5 cm³/mol. The van der Waals surface area contributed by atoms with Gasteiger partial charge in [-0.3, -0.25) is 0 Å². The van der Waals surface area contributed by atoms with Crippen LogP contribution < -0.4 is 5.73 Å². The quantitative estimate of drug-likeness (QED) is 0.419. The van der Waals surface area contributed by atoms with Crippen molar-refractivity contribution in [3.8, 4) is 0 Å². The van der Waals surface area contributed by atoms with Crippen LogP contribution in [-0.2, 0) is 19.0 Å². The van der Waals surface area contributed by atoms with E-state index >= 15 is 0 Å². The van der Waals surface area contributed by atoms with Gasteiger partial charge in [-0.05, 0) is 33.6 Å². The summed E-state index contributed by atoms with van der Waals surface area (Å²) in [6, 6.07) is 0. The Morgan fingerprint density at radius 1 is 1.21 bits per heavy atom. The zero-order chi connectivity index (χ0) is 15.3. The van der Waals surface area contributed by atoms with Gasteiger partial charge in [0.2, 0.25) is 0 Å². The normalized spacial score (nSPS) is 10.7. The first-order valence-electron chi connectivity index (χ1n) is 6.75. The van der Waals surface area contributed by atoms with E-state index in [1.165, 1.54) is 0 Å². The molecule has 5 heteroatoms. The Balaban J connectivity index is 0. The molecule has 19 heavy (non-hydrogen) atoms. The van der Waals surface area contributed by atoms with Gasteiger partial charge < -0.3 is 19.9 Å². The van der Waals surface area contributed by atoms with Crippen molar-refractivity contribution in [2.24, 2.45) is 5.73 Å². The van der Waals surface area contributed by atoms with Crippen molar-refractivity contribution in [1.29, 1.82) is 0 Å². The van der Waals surface area contributed by atoms with Gasteiger partial charge in [0.25, 0.3) is 0 Å². The predicted octanol–water partition coefficient (Wildman–Crippen LogP) is 2.60. The Labute approximate surface area is 117 Å². The lowest BCUT2D eigenvalue weighted by Gasteiger charge is -2.22. The summed E-state index contributed by atoms with van der Waals surface area (Å²) < 4.78 is 14.7. The van der Waals surface area contributed by atoms with Crippen molar-refractivity contribution in [3.63, 3.8) is 0 Å². The van der Waals surface area contributed by atoms with E-state index in [-0.39, 0.29) is 6.29 Å². The zero-order valence-electron chi connectivity index (χ0n) is 12.9. The molecule has 0 aromatic carbocycles. The van der Waals surface area contributed by atoms with Gasteiger partial charge in [-0.2, -0.15) is 0 Å². The molecule has 0 amide bonds. The van der Waals surface area contributed by atoms with Gasteiger partial charge in [0.1, 0.15) is 5.54 Å². The Kier molecular flexibility index (Phi) is 13.0. The Bertz CT molecular complexity index is 234. The first kappa shape index (κ1) is 20.4. The molecule has 0 aliphatic carbocycles. The third-order valence-electron chi connectivity index (χ3n) is 2.66. The summed E-state index contributed by atoms with van der Waals surface area (Å²) in [6.45, 7) is 14.2. The SMILES string of the molecule is C=COC(=O)C(N)(CC)CC.CCOC(C)OCC. The van der Waals surface area contributed by atoms with Gasteiger partial charge in [-0.15, -0.1) is 0 Å². The standard InChI is InChI=1S/C8H15NO2.C6H14O2/c1-4-8(9,5-2)7(10)11-6-3;1-4-7-6(3)8-5-2/h6H,3-5,9H2,1-2H3;6H,4-5H2,1-3H3. The van der Waals surface area contributed by atoms with E-state index in [2.05, 4.69) is 11.3 Å². The molecule has 0 heterocycles. The number of ether oxygens (including phenoxy) is 3. The molecule has 5 nitrogen and oxygen atoms in total. The van der Waals surface area contributed by atoms with Crippen molar-refractivity contribution in [3.05, 3.63) is 12.8 Å². The number of hydrogen-bond acceptors (Lipinski definition) is 5. The van der Waals surface area contributed by atoms with Crippen LogP contribution in [0.25, 0.3) is 0 Å². The molecule has 0 atom stereocenters. The summed E-state index contributed by atoms with van der Waals surface area (Å²) in [5, 5.41) is 0. The van der Waals surface area contributed by atoms with E-state index in [9.17, 15) is 4.79 Å². The van der Waals surface area contributed by atoms with Gasteiger partial charge in [-0.25, -0.2) is 4.79 Å². The number of carbonyl (C=O) groups is 1. The van der Waals surface area contributed by atoms with Crippen LogP contribution >= 0.6 is 0 Å². The Morgan fingerprint density at radius 3 is 1.89 bits per heavy atom. The maximum Gasteiger partial charge on any atom is 0.330 e. The molecule has 0 saturated heterocycles. The van der Waals surface area contributed by atoms with Crippen LogP contribution in [-0.4, -0.2) is 31.0 Å². The smallest absolute Gasteiger partial charge is 0.330 e. The average molecular weight is 275 g/mol. The molecule has 0 bridgehead atoms. The van der Waals surface area contributed by atoms with E-state index in [0.717, 1.165) is 19.5 Å². The number of carbonyl (C=O) groups excluding carboxylic acids is 1. The fraction of sp³-hybridized carbons (Fsp3) is 0.786. The number of esters is 1. The molecule has 114 valence electrons. The summed E-state index contributed by atoms with van der Waals surface area (Å²) in [6.07, 6.45) is 2.23. The molecule has 0 rings (SSSR count). The van der Waals surface area contributed by atoms with Crippen LogP contribution in [0.15, 0.2) is 12.8 Å². The summed E-state index contributed by atoms with van der Waals surface area (Å²) in [7, 11) is 0. The fourth-order valence-electron chi connectivity index (χ4n) is 1.25. The van der Waals surface area contributed by atoms with Crippen LogP contribution in [0, 0.1) is 0 Å². The van der Waals surface area contributed by atoms with Gasteiger partial charge in [0, 0.05) is 13.2 Å². The molecule has 0 aliphatic rings. The molecular formula is C14H29NO4. The highest BCUT2D eigenvalue weighted by molar-refractivity contribution is 5.80. The zero-order valence-corrected chi connectivity index (χ0v) is 12.9. The van der Waals surface area contributed by atoms with Crippen molar-refractivity contribution in [2.45, 2.75) is 59.3 Å². The summed E-state index contributed by atoms with van der Waals surface area (Å²) in [4.78, 5) is 11.1. The van der Waals surface area contributed by atoms with Gasteiger partial charge in [-0.1, -0.05) is 20.4 Å². The Hall–Kier alpha value is -0.910.